The SMILES string of the molecule is CCCCCCCC(CC)CCC=C(C)C(=O)O. The Morgan fingerprint density at radius 3 is 2.33 bits per heavy atom. The molecule has 106 valence electrons. The zero-order valence-corrected chi connectivity index (χ0v) is 12.4. The molecule has 18 heavy (non-hydrogen) atoms. The van der Waals surface area contributed by atoms with Crippen LogP contribution in [-0.2, 0) is 4.79 Å². The highest BCUT2D eigenvalue weighted by Gasteiger charge is 2.06. The summed E-state index contributed by atoms with van der Waals surface area (Å²) in [6.45, 7) is 6.16. The summed E-state index contributed by atoms with van der Waals surface area (Å²) < 4.78 is 0. The number of hydrogen-bond donors (Lipinski definition) is 1. The number of hydrogen-bond acceptors (Lipinski definition) is 1. The normalized spacial score (nSPS) is 13.6. The van der Waals surface area contributed by atoms with Crippen LogP contribution < -0.4 is 0 Å². The lowest BCUT2D eigenvalue weighted by atomic mass is 9.93. The third kappa shape index (κ3) is 9.26. The fourth-order valence-corrected chi connectivity index (χ4v) is 2.21. The van der Waals surface area contributed by atoms with Crippen molar-refractivity contribution in [3.63, 3.8) is 0 Å². The molecule has 0 saturated carbocycles. The molecule has 0 saturated heterocycles. The van der Waals surface area contributed by atoms with Gasteiger partial charge in [0.15, 0.2) is 0 Å². The molecule has 0 bridgehead atoms. The van der Waals surface area contributed by atoms with Crippen LogP contribution >= 0.6 is 0 Å². The van der Waals surface area contributed by atoms with E-state index in [4.69, 9.17) is 5.11 Å². The predicted molar refractivity (Wildman–Crippen MR) is 77.8 cm³/mol. The number of allylic oxidation sites excluding steroid dienone is 1. The van der Waals surface area contributed by atoms with Crippen molar-refractivity contribution in [3.05, 3.63) is 11.6 Å². The smallest absolute Gasteiger partial charge is 0.330 e. The first-order chi connectivity index (χ1) is 8.61. The molecule has 2 heteroatoms. The van der Waals surface area contributed by atoms with Gasteiger partial charge in [-0.25, -0.2) is 4.79 Å². The van der Waals surface area contributed by atoms with Gasteiger partial charge in [-0.15, -0.1) is 0 Å². The van der Waals surface area contributed by atoms with Crippen LogP contribution in [0.25, 0.3) is 0 Å². The Hall–Kier alpha value is -0.790. The molecule has 0 aliphatic rings. The Labute approximate surface area is 112 Å². The van der Waals surface area contributed by atoms with Gasteiger partial charge in [0.1, 0.15) is 0 Å². The van der Waals surface area contributed by atoms with Crippen LogP contribution in [0.4, 0.5) is 0 Å². The maximum absolute atomic E-state index is 10.6. The lowest BCUT2D eigenvalue weighted by Gasteiger charge is -2.13. The van der Waals surface area contributed by atoms with E-state index in [1.54, 1.807) is 6.92 Å². The number of carboxylic acids is 1. The molecule has 0 amide bonds. The van der Waals surface area contributed by atoms with E-state index < -0.39 is 5.97 Å². The summed E-state index contributed by atoms with van der Waals surface area (Å²) in [5.74, 6) is -0.0212. The first kappa shape index (κ1) is 17.2. The van der Waals surface area contributed by atoms with E-state index in [0.29, 0.717) is 5.57 Å². The molecule has 1 unspecified atom stereocenters. The van der Waals surface area contributed by atoms with Crippen LogP contribution in [0.3, 0.4) is 0 Å². The molecule has 0 radical (unpaired) electrons. The van der Waals surface area contributed by atoms with Crippen molar-refractivity contribution in [3.8, 4) is 0 Å². The summed E-state index contributed by atoms with van der Waals surface area (Å²) in [4.78, 5) is 10.6. The van der Waals surface area contributed by atoms with Crippen LogP contribution in [0.15, 0.2) is 11.6 Å². The van der Waals surface area contributed by atoms with Crippen molar-refractivity contribution >= 4 is 5.97 Å². The zero-order valence-electron chi connectivity index (χ0n) is 12.4. The molecule has 0 aliphatic carbocycles. The third-order valence-corrected chi connectivity index (χ3v) is 3.66. The molecule has 0 aromatic carbocycles. The van der Waals surface area contributed by atoms with Gasteiger partial charge in [0.25, 0.3) is 0 Å². The Morgan fingerprint density at radius 2 is 1.78 bits per heavy atom. The number of carbonyl (C=O) groups is 1. The second-order valence-corrected chi connectivity index (χ2v) is 5.25. The zero-order chi connectivity index (χ0) is 13.8. The summed E-state index contributed by atoms with van der Waals surface area (Å²) in [6, 6.07) is 0. The molecule has 0 aromatic rings. The average Bonchev–Trinajstić information content (AvgIpc) is 2.36. The first-order valence-electron chi connectivity index (χ1n) is 7.51. The molecule has 0 aliphatic heterocycles. The summed E-state index contributed by atoms with van der Waals surface area (Å²) in [6.07, 6.45) is 13.1. The minimum absolute atomic E-state index is 0.479. The Morgan fingerprint density at radius 1 is 1.11 bits per heavy atom. The van der Waals surface area contributed by atoms with E-state index in [1.165, 1.54) is 44.9 Å². The topological polar surface area (TPSA) is 37.3 Å². The van der Waals surface area contributed by atoms with Crippen molar-refractivity contribution in [1.82, 2.24) is 0 Å². The predicted octanol–water partition coefficient (Wildman–Crippen LogP) is 5.18. The lowest BCUT2D eigenvalue weighted by Crippen LogP contribution is -2.00. The van der Waals surface area contributed by atoms with E-state index >= 15 is 0 Å². The van der Waals surface area contributed by atoms with Crippen molar-refractivity contribution in [2.45, 2.75) is 78.6 Å². The molecule has 0 spiro atoms. The standard InChI is InChI=1S/C16H30O2/c1-4-6-7-8-9-12-15(5-2)13-10-11-14(3)16(17)18/h11,15H,4-10,12-13H2,1-3H3,(H,17,18). The van der Waals surface area contributed by atoms with Gasteiger partial charge in [0, 0.05) is 5.57 Å². The largest absolute Gasteiger partial charge is 0.478 e. The maximum atomic E-state index is 10.6. The van der Waals surface area contributed by atoms with Gasteiger partial charge >= 0.3 is 5.97 Å². The highest BCUT2D eigenvalue weighted by atomic mass is 16.4. The molecular weight excluding hydrogens is 224 g/mol. The van der Waals surface area contributed by atoms with Crippen LogP contribution in [0, 0.1) is 5.92 Å². The third-order valence-electron chi connectivity index (χ3n) is 3.66. The highest BCUT2D eigenvalue weighted by molar-refractivity contribution is 5.85. The Balaban J connectivity index is 3.70. The van der Waals surface area contributed by atoms with Gasteiger partial charge in [-0.3, -0.25) is 0 Å². The van der Waals surface area contributed by atoms with E-state index in [0.717, 1.165) is 18.8 Å². The molecule has 0 rings (SSSR count). The van der Waals surface area contributed by atoms with Crippen molar-refractivity contribution in [2.24, 2.45) is 5.92 Å². The van der Waals surface area contributed by atoms with E-state index in [1.807, 2.05) is 6.08 Å². The van der Waals surface area contributed by atoms with E-state index in [2.05, 4.69) is 13.8 Å². The number of aliphatic carboxylic acids is 1. The van der Waals surface area contributed by atoms with Gasteiger partial charge < -0.3 is 5.11 Å². The Bertz CT molecular complexity index is 243. The van der Waals surface area contributed by atoms with Gasteiger partial charge in [0.2, 0.25) is 0 Å². The number of unbranched alkanes of at least 4 members (excludes halogenated alkanes) is 4. The molecule has 1 N–H and O–H groups in total. The number of carboxylic acid groups (broad SMARTS) is 1. The first-order valence-corrected chi connectivity index (χ1v) is 7.51. The van der Waals surface area contributed by atoms with E-state index in [9.17, 15) is 4.79 Å². The van der Waals surface area contributed by atoms with Crippen LogP contribution in [0.1, 0.15) is 78.6 Å². The van der Waals surface area contributed by atoms with Gasteiger partial charge in [-0.1, -0.05) is 64.9 Å². The van der Waals surface area contributed by atoms with Crippen molar-refractivity contribution in [2.75, 3.05) is 0 Å². The highest BCUT2D eigenvalue weighted by Crippen LogP contribution is 2.20. The van der Waals surface area contributed by atoms with Crippen LogP contribution in [-0.4, -0.2) is 11.1 Å². The minimum Gasteiger partial charge on any atom is -0.478 e. The molecule has 1 atom stereocenters. The van der Waals surface area contributed by atoms with Gasteiger partial charge in [-0.2, -0.15) is 0 Å². The molecule has 0 heterocycles. The second kappa shape index (κ2) is 11.3. The fourth-order valence-electron chi connectivity index (χ4n) is 2.21. The van der Waals surface area contributed by atoms with Crippen LogP contribution in [0.5, 0.6) is 0 Å². The molecular formula is C16H30O2. The van der Waals surface area contributed by atoms with Crippen molar-refractivity contribution < 1.29 is 9.90 Å². The van der Waals surface area contributed by atoms with Gasteiger partial charge in [0.05, 0.1) is 0 Å². The quantitative estimate of drug-likeness (QED) is 0.407. The summed E-state index contributed by atoms with van der Waals surface area (Å²) in [5.41, 5.74) is 0.479. The molecule has 0 fully saturated rings. The maximum Gasteiger partial charge on any atom is 0.330 e. The van der Waals surface area contributed by atoms with Gasteiger partial charge in [-0.05, 0) is 25.7 Å². The molecule has 2 nitrogen and oxygen atoms in total. The molecule has 0 aromatic heterocycles. The summed E-state index contributed by atoms with van der Waals surface area (Å²) in [7, 11) is 0. The van der Waals surface area contributed by atoms with Crippen molar-refractivity contribution in [1.29, 1.82) is 0 Å². The lowest BCUT2D eigenvalue weighted by molar-refractivity contribution is -0.132. The fraction of sp³-hybridized carbons (Fsp3) is 0.812. The van der Waals surface area contributed by atoms with E-state index in [-0.39, 0.29) is 0 Å². The monoisotopic (exact) mass is 254 g/mol. The summed E-state index contributed by atoms with van der Waals surface area (Å²) >= 11 is 0. The van der Waals surface area contributed by atoms with Crippen LogP contribution in [0.2, 0.25) is 0 Å². The Kier molecular flexibility index (Phi) is 10.8. The minimum atomic E-state index is -0.789. The number of rotatable bonds is 11. The second-order valence-electron chi connectivity index (χ2n) is 5.25. The summed E-state index contributed by atoms with van der Waals surface area (Å²) in [5, 5.41) is 8.76. The average molecular weight is 254 g/mol.